The van der Waals surface area contributed by atoms with Gasteiger partial charge in [-0.15, -0.1) is 0 Å². The second-order valence-corrected chi connectivity index (χ2v) is 10.2. The molecule has 32 heavy (non-hydrogen) atoms. The van der Waals surface area contributed by atoms with Crippen LogP contribution in [0.1, 0.15) is 46.5 Å². The zero-order chi connectivity index (χ0) is 22.9. The van der Waals surface area contributed by atoms with E-state index in [1.807, 2.05) is 9.80 Å². The molecule has 1 aromatic rings. The van der Waals surface area contributed by atoms with Crippen molar-refractivity contribution in [1.29, 1.82) is 0 Å². The smallest absolute Gasteiger partial charge is 0.321 e. The number of amides is 4. The molecule has 0 unspecified atom stereocenters. The molecule has 3 aliphatic rings. The Kier molecular flexibility index (Phi) is 6.14. The summed E-state index contributed by atoms with van der Waals surface area (Å²) in [6.07, 6.45) is 6.85. The summed E-state index contributed by atoms with van der Waals surface area (Å²) in [5, 5.41) is 6.11. The van der Waals surface area contributed by atoms with E-state index < -0.39 is 5.41 Å². The van der Waals surface area contributed by atoms with Gasteiger partial charge in [-0.05, 0) is 55.1 Å². The van der Waals surface area contributed by atoms with Gasteiger partial charge in [0.05, 0.1) is 5.41 Å². The van der Waals surface area contributed by atoms with E-state index in [0.29, 0.717) is 38.6 Å². The predicted molar refractivity (Wildman–Crippen MR) is 122 cm³/mol. The van der Waals surface area contributed by atoms with Crippen LogP contribution in [0, 0.1) is 22.7 Å². The Hall–Kier alpha value is -2.64. The Morgan fingerprint density at radius 1 is 1.09 bits per heavy atom. The molecule has 4 amide bonds. The van der Waals surface area contributed by atoms with Crippen LogP contribution < -0.4 is 10.6 Å². The molecule has 1 spiro atoms. The maximum absolute atomic E-state index is 13.4. The second-order valence-electron chi connectivity index (χ2n) is 10.2. The van der Waals surface area contributed by atoms with Crippen LogP contribution in [0.2, 0.25) is 0 Å². The number of aromatic nitrogens is 1. The van der Waals surface area contributed by atoms with Crippen LogP contribution in [0.5, 0.6) is 0 Å². The van der Waals surface area contributed by atoms with Crippen LogP contribution in [-0.2, 0) is 9.59 Å². The molecule has 2 atom stereocenters. The Labute approximate surface area is 190 Å². The van der Waals surface area contributed by atoms with Crippen LogP contribution >= 0.6 is 0 Å². The molecule has 4 rings (SSSR count). The van der Waals surface area contributed by atoms with E-state index in [1.165, 1.54) is 0 Å². The predicted octanol–water partition coefficient (Wildman–Crippen LogP) is 2.73. The lowest BCUT2D eigenvalue weighted by Gasteiger charge is -2.44. The lowest BCUT2D eigenvalue weighted by atomic mass is 9.65. The molecule has 2 N–H and O–H groups in total. The monoisotopic (exact) mass is 441 g/mol. The number of carbonyl (C=O) groups is 3. The van der Waals surface area contributed by atoms with E-state index in [2.05, 4.69) is 29.5 Å². The zero-order valence-corrected chi connectivity index (χ0v) is 19.4. The molecular formula is C24H35N5O3. The maximum atomic E-state index is 13.4. The van der Waals surface area contributed by atoms with Gasteiger partial charge in [-0.3, -0.25) is 14.6 Å². The van der Waals surface area contributed by atoms with Gasteiger partial charge in [0.25, 0.3) is 0 Å². The summed E-state index contributed by atoms with van der Waals surface area (Å²) in [5.41, 5.74) is 0.245. The fourth-order valence-corrected chi connectivity index (χ4v) is 6.04. The van der Waals surface area contributed by atoms with Crippen molar-refractivity contribution in [2.45, 2.75) is 46.5 Å². The summed E-state index contributed by atoms with van der Waals surface area (Å²) >= 11 is 0. The zero-order valence-electron chi connectivity index (χ0n) is 19.4. The van der Waals surface area contributed by atoms with Crippen LogP contribution in [0.15, 0.2) is 24.5 Å². The molecule has 1 aliphatic carbocycles. The highest BCUT2D eigenvalue weighted by Gasteiger charge is 2.64. The van der Waals surface area contributed by atoms with Crippen LogP contribution in [0.3, 0.4) is 0 Å². The molecule has 8 nitrogen and oxygen atoms in total. The Morgan fingerprint density at radius 3 is 2.41 bits per heavy atom. The molecule has 1 aromatic heterocycles. The highest BCUT2D eigenvalue weighted by molar-refractivity contribution is 5.89. The molecule has 2 saturated heterocycles. The quantitative estimate of drug-likeness (QED) is 0.751. The third-order valence-electron chi connectivity index (χ3n) is 7.90. The van der Waals surface area contributed by atoms with E-state index in [-0.39, 0.29) is 29.2 Å². The summed E-state index contributed by atoms with van der Waals surface area (Å²) in [7, 11) is 0. The first-order chi connectivity index (χ1) is 15.3. The molecule has 0 radical (unpaired) electrons. The number of hydrogen-bond acceptors (Lipinski definition) is 4. The van der Waals surface area contributed by atoms with Crippen molar-refractivity contribution < 1.29 is 14.4 Å². The molecule has 2 aliphatic heterocycles. The third kappa shape index (κ3) is 4.07. The molecular weight excluding hydrogens is 406 g/mol. The highest BCUT2D eigenvalue weighted by Crippen LogP contribution is 2.62. The van der Waals surface area contributed by atoms with E-state index in [4.69, 9.17) is 0 Å². The van der Waals surface area contributed by atoms with Crippen LogP contribution in [0.25, 0.3) is 0 Å². The van der Waals surface area contributed by atoms with Crippen molar-refractivity contribution in [1.82, 2.24) is 20.1 Å². The van der Waals surface area contributed by atoms with Crippen LogP contribution in [0.4, 0.5) is 10.5 Å². The van der Waals surface area contributed by atoms with E-state index in [1.54, 1.807) is 31.5 Å². The van der Waals surface area contributed by atoms with Gasteiger partial charge in [0.15, 0.2) is 0 Å². The van der Waals surface area contributed by atoms with Gasteiger partial charge in [-0.1, -0.05) is 13.8 Å². The Balaban J connectivity index is 1.46. The molecule has 0 aromatic carbocycles. The lowest BCUT2D eigenvalue weighted by molar-refractivity contribution is -0.133. The average Bonchev–Trinajstić information content (AvgIpc) is 3.31. The van der Waals surface area contributed by atoms with Crippen molar-refractivity contribution in [2.24, 2.45) is 22.7 Å². The molecule has 3 fully saturated rings. The minimum atomic E-state index is -0.498. The van der Waals surface area contributed by atoms with E-state index in [9.17, 15) is 14.4 Å². The van der Waals surface area contributed by atoms with E-state index >= 15 is 0 Å². The fraction of sp³-hybridized carbons (Fsp3) is 0.667. The number of urea groups is 1. The number of fused-ring (bicyclic) bond motifs is 2. The number of nitrogens with zero attached hydrogens (tertiary/aromatic N) is 3. The maximum Gasteiger partial charge on any atom is 0.321 e. The first-order valence-corrected chi connectivity index (χ1v) is 11.8. The van der Waals surface area contributed by atoms with Gasteiger partial charge in [-0.25, -0.2) is 4.79 Å². The highest BCUT2D eigenvalue weighted by atomic mass is 16.2. The molecule has 3 heterocycles. The summed E-state index contributed by atoms with van der Waals surface area (Å²) in [5.74, 6) is 0.683. The Bertz CT molecular complexity index is 866. The molecule has 0 bridgehead atoms. The van der Waals surface area contributed by atoms with Gasteiger partial charge < -0.3 is 20.4 Å². The number of piperidine rings is 1. The first kappa shape index (κ1) is 22.6. The number of likely N-dealkylation sites (tertiary alicyclic amines) is 2. The largest absolute Gasteiger partial charge is 0.355 e. The van der Waals surface area contributed by atoms with Crippen LogP contribution in [-0.4, -0.2) is 65.4 Å². The van der Waals surface area contributed by atoms with E-state index in [0.717, 1.165) is 31.4 Å². The third-order valence-corrected chi connectivity index (χ3v) is 7.90. The number of pyridine rings is 1. The normalized spacial score (nSPS) is 26.3. The summed E-state index contributed by atoms with van der Waals surface area (Å²) in [6, 6.07) is 3.46. The number of hydrogen-bond donors (Lipinski definition) is 2. The van der Waals surface area contributed by atoms with Crippen molar-refractivity contribution in [2.75, 3.05) is 38.0 Å². The summed E-state index contributed by atoms with van der Waals surface area (Å²) in [6.45, 7) is 8.93. The second kappa shape index (κ2) is 8.71. The van der Waals surface area contributed by atoms with Gasteiger partial charge >= 0.3 is 6.03 Å². The summed E-state index contributed by atoms with van der Waals surface area (Å²) < 4.78 is 0. The standard InChI is InChI=1S/C24H35N5O3/c1-17(2)14-26-21(31)24-7-6-23(20(24)15-29(16-24)18(3)30)8-12-28(13-9-23)22(32)27-19-4-10-25-11-5-19/h4-5,10-11,17,20H,6-9,12-16H2,1-3H3,(H,26,31)(H,25,27,32)/t20-,24+/m0/s1. The van der Waals surface area contributed by atoms with Crippen molar-refractivity contribution in [3.63, 3.8) is 0 Å². The number of rotatable bonds is 4. The number of anilines is 1. The SMILES string of the molecule is CC(=O)N1C[C@H]2C3(CCN(C(=O)Nc4ccncc4)CC3)CC[C@@]2(C(=O)NCC(C)C)C1. The molecule has 174 valence electrons. The average molecular weight is 442 g/mol. The number of nitrogens with one attached hydrogen (secondary N) is 2. The lowest BCUT2D eigenvalue weighted by Crippen LogP contribution is -2.50. The van der Waals surface area contributed by atoms with Crippen molar-refractivity contribution in [3.05, 3.63) is 24.5 Å². The van der Waals surface area contributed by atoms with Crippen molar-refractivity contribution >= 4 is 23.5 Å². The van der Waals surface area contributed by atoms with Gasteiger partial charge in [0, 0.05) is 57.7 Å². The van der Waals surface area contributed by atoms with Gasteiger partial charge in [0.1, 0.15) is 0 Å². The van der Waals surface area contributed by atoms with Gasteiger partial charge in [0.2, 0.25) is 11.8 Å². The molecule has 8 heteroatoms. The summed E-state index contributed by atoms with van der Waals surface area (Å²) in [4.78, 5) is 46.1. The fourth-order valence-electron chi connectivity index (χ4n) is 6.04. The molecule has 1 saturated carbocycles. The first-order valence-electron chi connectivity index (χ1n) is 11.8. The number of carbonyl (C=O) groups excluding carboxylic acids is 3. The van der Waals surface area contributed by atoms with Gasteiger partial charge in [-0.2, -0.15) is 0 Å². The minimum Gasteiger partial charge on any atom is -0.355 e. The topological polar surface area (TPSA) is 94.6 Å². The van der Waals surface area contributed by atoms with Crippen molar-refractivity contribution in [3.8, 4) is 0 Å². The Morgan fingerprint density at radius 2 is 1.78 bits per heavy atom. The minimum absolute atomic E-state index is 0.00676.